The van der Waals surface area contributed by atoms with Gasteiger partial charge in [-0.05, 0) is 12.1 Å². The van der Waals surface area contributed by atoms with E-state index < -0.39 is 11.2 Å². The lowest BCUT2D eigenvalue weighted by Gasteiger charge is -2.06. The lowest BCUT2D eigenvalue weighted by atomic mass is 10.2. The molecule has 2 aromatic rings. The van der Waals surface area contributed by atoms with Crippen molar-refractivity contribution in [2.24, 2.45) is 0 Å². The average molecular weight is 238 g/mol. The summed E-state index contributed by atoms with van der Waals surface area (Å²) in [6.45, 7) is 0. The molecule has 6 heteroatoms. The topological polar surface area (TPSA) is 102 Å². The second kappa shape index (κ2) is 4.40. The van der Waals surface area contributed by atoms with Crippen molar-refractivity contribution in [3.05, 3.63) is 62.4 Å². The molecule has 0 radical (unpaired) electrons. The summed E-state index contributed by atoms with van der Waals surface area (Å²) in [5.41, 5.74) is -1.04. The summed E-state index contributed by atoms with van der Waals surface area (Å²) >= 11 is 0. The van der Waals surface area contributed by atoms with Crippen molar-refractivity contribution in [1.29, 1.82) is 10.5 Å². The maximum atomic E-state index is 11.7. The highest BCUT2D eigenvalue weighted by atomic mass is 16.2. The zero-order valence-corrected chi connectivity index (χ0v) is 9.04. The van der Waals surface area contributed by atoms with Crippen LogP contribution in [0.15, 0.2) is 40.1 Å². The fraction of sp³-hybridized carbons (Fsp3) is 0. The van der Waals surface area contributed by atoms with E-state index >= 15 is 0 Å². The molecule has 0 aliphatic rings. The third-order valence-corrected chi connectivity index (χ3v) is 2.35. The number of hydrogen-bond acceptors (Lipinski definition) is 4. The van der Waals surface area contributed by atoms with Crippen LogP contribution in [0, 0.1) is 22.7 Å². The molecule has 0 spiro atoms. The smallest absolute Gasteiger partial charge is 0.273 e. The van der Waals surface area contributed by atoms with E-state index in [1.165, 1.54) is 0 Å². The highest BCUT2D eigenvalue weighted by Crippen LogP contribution is 2.10. The quantitative estimate of drug-likeness (QED) is 0.770. The minimum Gasteiger partial charge on any atom is -0.273 e. The van der Waals surface area contributed by atoms with Crippen LogP contribution in [0.3, 0.4) is 0 Å². The average Bonchev–Trinajstić information content (AvgIpc) is 2.39. The van der Waals surface area contributed by atoms with E-state index in [2.05, 4.69) is 0 Å². The molecule has 0 atom stereocenters. The molecule has 0 amide bonds. The number of benzene rings is 1. The SMILES string of the molecule is N#Cc1ccccc1-n1cc(C#N)c(=O)[nH]c1=O. The van der Waals surface area contributed by atoms with E-state index in [9.17, 15) is 9.59 Å². The van der Waals surface area contributed by atoms with Gasteiger partial charge in [0.2, 0.25) is 0 Å². The van der Waals surface area contributed by atoms with E-state index in [1.54, 1.807) is 30.3 Å². The molecule has 0 saturated carbocycles. The van der Waals surface area contributed by atoms with Gasteiger partial charge in [-0.15, -0.1) is 0 Å². The number of nitriles is 2. The Bertz CT molecular complexity index is 802. The number of para-hydroxylation sites is 1. The predicted octanol–water partition coefficient (Wildman–Crippen LogP) is 0.269. The van der Waals surface area contributed by atoms with Crippen LogP contribution in [-0.2, 0) is 0 Å². The minimum absolute atomic E-state index is 0.192. The van der Waals surface area contributed by atoms with Crippen LogP contribution in [0.25, 0.3) is 5.69 Å². The molecule has 2 rings (SSSR count). The number of nitrogens with zero attached hydrogens (tertiary/aromatic N) is 3. The summed E-state index contributed by atoms with van der Waals surface area (Å²) in [6.07, 6.45) is 1.12. The number of hydrogen-bond donors (Lipinski definition) is 1. The number of aromatic nitrogens is 2. The molecule has 0 aliphatic heterocycles. The molecule has 0 aliphatic carbocycles. The Kier molecular flexibility index (Phi) is 2.78. The van der Waals surface area contributed by atoms with Crippen molar-refractivity contribution >= 4 is 0 Å². The Morgan fingerprint density at radius 2 is 1.72 bits per heavy atom. The fourth-order valence-electron chi connectivity index (χ4n) is 1.51. The normalized spacial score (nSPS) is 9.44. The van der Waals surface area contributed by atoms with Crippen molar-refractivity contribution in [3.8, 4) is 17.8 Å². The maximum absolute atomic E-state index is 11.7. The van der Waals surface area contributed by atoms with E-state index in [0.29, 0.717) is 5.69 Å². The van der Waals surface area contributed by atoms with Gasteiger partial charge in [0, 0.05) is 6.20 Å². The zero-order chi connectivity index (χ0) is 13.1. The number of aromatic amines is 1. The molecule has 0 bridgehead atoms. The van der Waals surface area contributed by atoms with Gasteiger partial charge < -0.3 is 0 Å². The van der Waals surface area contributed by atoms with Crippen molar-refractivity contribution in [2.75, 3.05) is 0 Å². The summed E-state index contributed by atoms with van der Waals surface area (Å²) in [4.78, 5) is 24.9. The third kappa shape index (κ3) is 1.79. The molecular formula is C12H6N4O2. The standard InChI is InChI=1S/C12H6N4O2/c13-5-8-3-1-2-4-10(8)16-7-9(6-14)11(17)15-12(16)18/h1-4,7H,(H,15,17,18). The Labute approximate surface area is 101 Å². The van der Waals surface area contributed by atoms with E-state index in [-0.39, 0.29) is 11.1 Å². The monoisotopic (exact) mass is 238 g/mol. The van der Waals surface area contributed by atoms with Gasteiger partial charge in [0.15, 0.2) is 0 Å². The van der Waals surface area contributed by atoms with Gasteiger partial charge in [-0.3, -0.25) is 14.3 Å². The zero-order valence-electron chi connectivity index (χ0n) is 9.04. The van der Waals surface area contributed by atoms with Crippen LogP contribution < -0.4 is 11.2 Å². The lowest BCUT2D eigenvalue weighted by Crippen LogP contribution is -2.30. The van der Waals surface area contributed by atoms with E-state index in [0.717, 1.165) is 10.8 Å². The van der Waals surface area contributed by atoms with Gasteiger partial charge in [-0.25, -0.2) is 4.79 Å². The largest absolute Gasteiger partial charge is 0.333 e. The summed E-state index contributed by atoms with van der Waals surface area (Å²) in [5.74, 6) is 0. The van der Waals surface area contributed by atoms with E-state index in [1.807, 2.05) is 11.1 Å². The van der Waals surface area contributed by atoms with Crippen molar-refractivity contribution in [1.82, 2.24) is 9.55 Å². The first-order valence-corrected chi connectivity index (χ1v) is 4.93. The van der Waals surface area contributed by atoms with Gasteiger partial charge in [0.05, 0.1) is 11.3 Å². The first kappa shape index (κ1) is 11.4. The van der Waals surface area contributed by atoms with Crippen LogP contribution in [0.2, 0.25) is 0 Å². The van der Waals surface area contributed by atoms with Crippen molar-refractivity contribution < 1.29 is 0 Å². The Morgan fingerprint density at radius 1 is 1.06 bits per heavy atom. The Morgan fingerprint density at radius 3 is 2.39 bits per heavy atom. The molecule has 1 heterocycles. The van der Waals surface area contributed by atoms with Crippen LogP contribution in [-0.4, -0.2) is 9.55 Å². The first-order valence-electron chi connectivity index (χ1n) is 4.93. The van der Waals surface area contributed by atoms with Gasteiger partial charge in [0.1, 0.15) is 17.7 Å². The molecule has 1 aromatic heterocycles. The molecule has 18 heavy (non-hydrogen) atoms. The van der Waals surface area contributed by atoms with Crippen LogP contribution in [0.5, 0.6) is 0 Å². The van der Waals surface area contributed by atoms with Gasteiger partial charge in [-0.2, -0.15) is 10.5 Å². The molecule has 0 saturated heterocycles. The summed E-state index contributed by atoms with van der Waals surface area (Å²) in [7, 11) is 0. The molecule has 86 valence electrons. The Balaban J connectivity index is 2.81. The van der Waals surface area contributed by atoms with Gasteiger partial charge >= 0.3 is 5.69 Å². The van der Waals surface area contributed by atoms with Gasteiger partial charge in [-0.1, -0.05) is 12.1 Å². The van der Waals surface area contributed by atoms with E-state index in [4.69, 9.17) is 10.5 Å². The molecule has 1 aromatic carbocycles. The summed E-state index contributed by atoms with van der Waals surface area (Å²) in [5, 5.41) is 17.7. The first-order chi connectivity index (χ1) is 8.67. The molecule has 0 unspecified atom stereocenters. The third-order valence-electron chi connectivity index (χ3n) is 2.35. The predicted molar refractivity (Wildman–Crippen MR) is 62.1 cm³/mol. The fourth-order valence-corrected chi connectivity index (χ4v) is 1.51. The minimum atomic E-state index is -0.742. The maximum Gasteiger partial charge on any atom is 0.333 e. The highest BCUT2D eigenvalue weighted by Gasteiger charge is 2.08. The molecule has 6 nitrogen and oxygen atoms in total. The van der Waals surface area contributed by atoms with Crippen LogP contribution >= 0.6 is 0 Å². The summed E-state index contributed by atoms with van der Waals surface area (Å²) in [6, 6.07) is 10.0. The van der Waals surface area contributed by atoms with Gasteiger partial charge in [0.25, 0.3) is 5.56 Å². The molecular weight excluding hydrogens is 232 g/mol. The van der Waals surface area contributed by atoms with Crippen molar-refractivity contribution in [3.63, 3.8) is 0 Å². The van der Waals surface area contributed by atoms with Crippen LogP contribution in [0.4, 0.5) is 0 Å². The number of H-pyrrole nitrogens is 1. The second-order valence-corrected chi connectivity index (χ2v) is 3.41. The molecule has 1 N–H and O–H groups in total. The second-order valence-electron chi connectivity index (χ2n) is 3.41. The summed E-state index contributed by atoms with van der Waals surface area (Å²) < 4.78 is 1.07. The van der Waals surface area contributed by atoms with Crippen LogP contribution in [0.1, 0.15) is 11.1 Å². The Hall–Kier alpha value is -3.12. The number of nitrogens with one attached hydrogen (secondary N) is 1. The molecule has 0 fully saturated rings. The highest BCUT2D eigenvalue weighted by molar-refractivity contribution is 5.48. The number of rotatable bonds is 1. The van der Waals surface area contributed by atoms with Crippen molar-refractivity contribution in [2.45, 2.75) is 0 Å². The lowest BCUT2D eigenvalue weighted by molar-refractivity contribution is 0.887.